The third-order valence-corrected chi connectivity index (χ3v) is 0.843. The molecule has 0 nitrogen and oxygen atoms in total. The summed E-state index contributed by atoms with van der Waals surface area (Å²) < 4.78 is 0. The van der Waals surface area contributed by atoms with E-state index in [4.69, 9.17) is 0 Å². The van der Waals surface area contributed by atoms with E-state index < -0.39 is 0 Å². The molecule has 0 saturated carbocycles. The lowest BCUT2D eigenvalue weighted by Crippen LogP contribution is -1.66. The summed E-state index contributed by atoms with van der Waals surface area (Å²) in [6.07, 6.45) is 5.69. The molecule has 0 heteroatoms. The van der Waals surface area contributed by atoms with Crippen molar-refractivity contribution in [2.45, 2.75) is 26.7 Å². The zero-order valence-electron chi connectivity index (χ0n) is 7.19. The Morgan fingerprint density at radius 2 is 1.70 bits per heavy atom. The van der Waals surface area contributed by atoms with Crippen LogP contribution >= 0.6 is 0 Å². The van der Waals surface area contributed by atoms with E-state index in [1.54, 1.807) is 12.2 Å². The summed E-state index contributed by atoms with van der Waals surface area (Å²) in [6, 6.07) is 0. The molecule has 0 aromatic heterocycles. The smallest absolute Gasteiger partial charge is 0.0328 e. The molecule has 0 N–H and O–H groups in total. The van der Waals surface area contributed by atoms with Crippen LogP contribution in [0.3, 0.4) is 0 Å². The van der Waals surface area contributed by atoms with Gasteiger partial charge in [-0.15, -0.1) is 6.58 Å². The van der Waals surface area contributed by atoms with Crippen LogP contribution in [-0.2, 0) is 0 Å². The second-order valence-electron chi connectivity index (χ2n) is 2.18. The Morgan fingerprint density at radius 1 is 1.30 bits per heavy atom. The fourth-order valence-corrected chi connectivity index (χ4v) is 0.427. The van der Waals surface area contributed by atoms with Crippen LogP contribution in [0.15, 0.2) is 37.5 Å². The highest BCUT2D eigenvalue weighted by Crippen LogP contribution is 1.96. The first kappa shape index (κ1) is 12.0. The van der Waals surface area contributed by atoms with E-state index in [1.165, 1.54) is 18.4 Å². The molecule has 58 valence electrons. The molecular weight excluding hydrogens is 120 g/mol. The molecule has 0 saturated heterocycles. The van der Waals surface area contributed by atoms with Crippen LogP contribution in [0.1, 0.15) is 26.7 Å². The molecule has 0 aromatic rings. The van der Waals surface area contributed by atoms with Crippen LogP contribution in [0, 0.1) is 0 Å². The summed E-state index contributed by atoms with van der Waals surface area (Å²) in [5, 5.41) is 0. The molecule has 0 aliphatic heterocycles. The predicted molar refractivity (Wildman–Crippen MR) is 50.1 cm³/mol. The van der Waals surface area contributed by atoms with Crippen LogP contribution in [0.2, 0.25) is 0 Å². The first-order valence-corrected chi connectivity index (χ1v) is 3.56. The lowest BCUT2D eigenvalue weighted by atomic mass is 10.2. The lowest BCUT2D eigenvalue weighted by molar-refractivity contribution is 0.910. The van der Waals surface area contributed by atoms with Gasteiger partial charge in [-0.05, 0) is 13.3 Å². The maximum absolute atomic E-state index is 3.74. The number of hydrogen-bond acceptors (Lipinski definition) is 0. The fraction of sp³-hybridized carbons (Fsp3) is 0.400. The standard InChI is InChI=1S/C6H12.C4H6/c1-4-5-6(2)3;1-3-4-2/h2,4-5H2,1,3H3;3-4H,1-2H2. The first-order valence-electron chi connectivity index (χ1n) is 3.56. The quantitative estimate of drug-likeness (QED) is 0.412. The van der Waals surface area contributed by atoms with E-state index in [1.807, 2.05) is 0 Å². The zero-order valence-corrected chi connectivity index (χ0v) is 7.19. The van der Waals surface area contributed by atoms with Crippen molar-refractivity contribution >= 4 is 0 Å². The van der Waals surface area contributed by atoms with Gasteiger partial charge in [-0.25, -0.2) is 0 Å². The maximum Gasteiger partial charge on any atom is -0.0328 e. The number of rotatable bonds is 3. The van der Waals surface area contributed by atoms with Gasteiger partial charge in [-0.2, -0.15) is 0 Å². The minimum Gasteiger partial charge on any atom is -0.100 e. The minimum atomic E-state index is 1.18. The summed E-state index contributed by atoms with van der Waals surface area (Å²) in [5.74, 6) is 0. The Morgan fingerprint density at radius 3 is 1.70 bits per heavy atom. The van der Waals surface area contributed by atoms with Crippen molar-refractivity contribution in [1.82, 2.24) is 0 Å². The van der Waals surface area contributed by atoms with Gasteiger partial charge in [-0.1, -0.05) is 44.2 Å². The highest BCUT2D eigenvalue weighted by molar-refractivity contribution is 4.88. The molecular formula is C10H18. The summed E-state index contributed by atoms with van der Waals surface area (Å²) in [4.78, 5) is 0. The van der Waals surface area contributed by atoms with Gasteiger partial charge in [0.25, 0.3) is 0 Å². The SMILES string of the molecule is C=C(C)CCC.C=CC=C. The molecule has 0 radical (unpaired) electrons. The fourth-order valence-electron chi connectivity index (χ4n) is 0.427. The predicted octanol–water partition coefficient (Wildman–Crippen LogP) is 3.72. The molecule has 0 aromatic carbocycles. The number of hydrogen-bond donors (Lipinski definition) is 0. The van der Waals surface area contributed by atoms with Crippen molar-refractivity contribution in [2.24, 2.45) is 0 Å². The second-order valence-corrected chi connectivity index (χ2v) is 2.18. The molecule has 10 heavy (non-hydrogen) atoms. The molecule has 0 spiro atoms. The average molecular weight is 138 g/mol. The topological polar surface area (TPSA) is 0 Å². The second kappa shape index (κ2) is 11.1. The molecule has 0 bridgehead atoms. The van der Waals surface area contributed by atoms with E-state index >= 15 is 0 Å². The molecule has 0 amide bonds. The Balaban J connectivity index is 0. The minimum absolute atomic E-state index is 1.18. The Bertz CT molecular complexity index is 92.6. The van der Waals surface area contributed by atoms with Crippen LogP contribution in [0.4, 0.5) is 0 Å². The molecule has 0 heterocycles. The van der Waals surface area contributed by atoms with Crippen molar-refractivity contribution in [3.05, 3.63) is 37.5 Å². The van der Waals surface area contributed by atoms with Crippen molar-refractivity contribution < 1.29 is 0 Å². The molecule has 0 aliphatic rings. The van der Waals surface area contributed by atoms with Gasteiger partial charge >= 0.3 is 0 Å². The van der Waals surface area contributed by atoms with Crippen LogP contribution in [-0.4, -0.2) is 0 Å². The molecule has 0 fully saturated rings. The van der Waals surface area contributed by atoms with Gasteiger partial charge in [0.1, 0.15) is 0 Å². The summed E-state index contributed by atoms with van der Waals surface area (Å²) in [5.41, 5.74) is 1.29. The highest BCUT2D eigenvalue weighted by Gasteiger charge is 1.76. The van der Waals surface area contributed by atoms with E-state index in [-0.39, 0.29) is 0 Å². The van der Waals surface area contributed by atoms with Gasteiger partial charge < -0.3 is 0 Å². The van der Waals surface area contributed by atoms with Crippen LogP contribution in [0.25, 0.3) is 0 Å². The van der Waals surface area contributed by atoms with Crippen LogP contribution < -0.4 is 0 Å². The largest absolute Gasteiger partial charge is 0.100 e. The monoisotopic (exact) mass is 138 g/mol. The van der Waals surface area contributed by atoms with Gasteiger partial charge in [0.2, 0.25) is 0 Å². The van der Waals surface area contributed by atoms with E-state index in [9.17, 15) is 0 Å². The summed E-state index contributed by atoms with van der Waals surface area (Å²) in [7, 11) is 0. The van der Waals surface area contributed by atoms with Crippen molar-refractivity contribution in [3.63, 3.8) is 0 Å². The normalized spacial score (nSPS) is 7.00. The Hall–Kier alpha value is -0.780. The Labute approximate surface area is 65.0 Å². The van der Waals surface area contributed by atoms with Gasteiger partial charge in [-0.3, -0.25) is 0 Å². The van der Waals surface area contributed by atoms with E-state index in [2.05, 4.69) is 33.6 Å². The van der Waals surface area contributed by atoms with Crippen molar-refractivity contribution in [3.8, 4) is 0 Å². The molecule has 0 atom stereocenters. The van der Waals surface area contributed by atoms with Gasteiger partial charge in [0.15, 0.2) is 0 Å². The van der Waals surface area contributed by atoms with Gasteiger partial charge in [0.05, 0.1) is 0 Å². The van der Waals surface area contributed by atoms with E-state index in [0.717, 1.165) is 0 Å². The Kier molecular flexibility index (Phi) is 13.2. The lowest BCUT2D eigenvalue weighted by Gasteiger charge is -1.87. The average Bonchev–Trinajstić information content (AvgIpc) is 1.89. The zero-order chi connectivity index (χ0) is 8.41. The third kappa shape index (κ3) is 26.9. The van der Waals surface area contributed by atoms with Gasteiger partial charge in [0, 0.05) is 0 Å². The summed E-state index contributed by atoms with van der Waals surface area (Å²) in [6.45, 7) is 14.7. The first-order chi connectivity index (χ1) is 4.68. The molecule has 0 aliphatic carbocycles. The third-order valence-electron chi connectivity index (χ3n) is 0.843. The van der Waals surface area contributed by atoms with E-state index in [0.29, 0.717) is 0 Å². The van der Waals surface area contributed by atoms with Crippen molar-refractivity contribution in [2.75, 3.05) is 0 Å². The summed E-state index contributed by atoms with van der Waals surface area (Å²) >= 11 is 0. The molecule has 0 rings (SSSR count). The van der Waals surface area contributed by atoms with Crippen molar-refractivity contribution in [1.29, 1.82) is 0 Å². The maximum atomic E-state index is 3.74. The van der Waals surface area contributed by atoms with Crippen LogP contribution in [0.5, 0.6) is 0 Å². The highest BCUT2D eigenvalue weighted by atomic mass is 13.8. The number of allylic oxidation sites excluding steroid dienone is 3. The molecule has 0 unspecified atom stereocenters.